The second kappa shape index (κ2) is 6.92. The summed E-state index contributed by atoms with van der Waals surface area (Å²) >= 11 is 6.36. The van der Waals surface area contributed by atoms with E-state index in [-0.39, 0.29) is 5.54 Å². The highest BCUT2D eigenvalue weighted by Crippen LogP contribution is 2.27. The SMILES string of the molecule is CCc1nn(C)c(CC(O)C(C)(C)N(CC)CC)c1Cl. The molecule has 1 aromatic rings. The molecule has 0 radical (unpaired) electrons. The second-order valence-corrected chi connectivity index (χ2v) is 6.11. The van der Waals surface area contributed by atoms with E-state index in [0.717, 1.165) is 30.9 Å². The molecule has 0 aromatic carbocycles. The van der Waals surface area contributed by atoms with E-state index in [9.17, 15) is 5.11 Å². The molecule has 4 nitrogen and oxygen atoms in total. The van der Waals surface area contributed by atoms with Crippen LogP contribution < -0.4 is 0 Å². The predicted octanol–water partition coefficient (Wildman–Crippen LogP) is 2.66. The van der Waals surface area contributed by atoms with E-state index in [4.69, 9.17) is 11.6 Å². The Kier molecular flexibility index (Phi) is 6.05. The highest BCUT2D eigenvalue weighted by molar-refractivity contribution is 6.31. The smallest absolute Gasteiger partial charge is 0.0850 e. The normalized spacial score (nSPS) is 14.1. The molecule has 5 heteroatoms. The second-order valence-electron chi connectivity index (χ2n) is 5.73. The van der Waals surface area contributed by atoms with Crippen LogP contribution >= 0.6 is 11.6 Å². The molecule has 0 fully saturated rings. The van der Waals surface area contributed by atoms with E-state index in [0.29, 0.717) is 11.4 Å². The molecule has 0 aliphatic rings. The molecule has 0 amide bonds. The fourth-order valence-corrected chi connectivity index (χ4v) is 3.09. The molecule has 20 heavy (non-hydrogen) atoms. The number of hydrogen-bond donors (Lipinski definition) is 1. The Hall–Kier alpha value is -0.580. The Morgan fingerprint density at radius 2 is 1.85 bits per heavy atom. The molecule has 0 bridgehead atoms. The maximum absolute atomic E-state index is 10.7. The van der Waals surface area contributed by atoms with Gasteiger partial charge in [-0.05, 0) is 33.4 Å². The van der Waals surface area contributed by atoms with Crippen LogP contribution in [0, 0.1) is 0 Å². The molecule has 1 unspecified atom stereocenters. The summed E-state index contributed by atoms with van der Waals surface area (Å²) in [5.41, 5.74) is 1.52. The summed E-state index contributed by atoms with van der Waals surface area (Å²) in [6, 6.07) is 0. The maximum atomic E-state index is 10.7. The van der Waals surface area contributed by atoms with Crippen LogP contribution in [-0.4, -0.2) is 44.5 Å². The van der Waals surface area contributed by atoms with Crippen LogP contribution in [0.25, 0.3) is 0 Å². The summed E-state index contributed by atoms with van der Waals surface area (Å²) in [5.74, 6) is 0. The molecule has 1 heterocycles. The molecule has 116 valence electrons. The Labute approximate surface area is 127 Å². The molecule has 0 saturated heterocycles. The summed E-state index contributed by atoms with van der Waals surface area (Å²) < 4.78 is 1.79. The van der Waals surface area contributed by atoms with Gasteiger partial charge in [0.1, 0.15) is 0 Å². The average molecular weight is 302 g/mol. The van der Waals surface area contributed by atoms with Gasteiger partial charge in [0.2, 0.25) is 0 Å². The van der Waals surface area contributed by atoms with Gasteiger partial charge in [0, 0.05) is 19.0 Å². The largest absolute Gasteiger partial charge is 0.391 e. The van der Waals surface area contributed by atoms with Gasteiger partial charge >= 0.3 is 0 Å². The molecule has 1 N–H and O–H groups in total. The number of nitrogens with zero attached hydrogens (tertiary/aromatic N) is 3. The van der Waals surface area contributed by atoms with Crippen molar-refractivity contribution in [1.82, 2.24) is 14.7 Å². The number of rotatable bonds is 7. The molecule has 0 aliphatic heterocycles. The Balaban J connectivity index is 2.95. The van der Waals surface area contributed by atoms with E-state index < -0.39 is 6.10 Å². The number of aromatic nitrogens is 2. The summed E-state index contributed by atoms with van der Waals surface area (Å²) in [4.78, 5) is 2.27. The number of likely N-dealkylation sites (N-methyl/N-ethyl adjacent to an activating group) is 1. The maximum Gasteiger partial charge on any atom is 0.0850 e. The first-order valence-corrected chi connectivity index (χ1v) is 7.80. The predicted molar refractivity (Wildman–Crippen MR) is 84.3 cm³/mol. The van der Waals surface area contributed by atoms with Gasteiger partial charge in [0.05, 0.1) is 22.5 Å². The van der Waals surface area contributed by atoms with Crippen LogP contribution in [0.15, 0.2) is 0 Å². The van der Waals surface area contributed by atoms with Crippen LogP contribution in [0.2, 0.25) is 5.02 Å². The third-order valence-electron chi connectivity index (χ3n) is 4.28. The van der Waals surface area contributed by atoms with Crippen molar-refractivity contribution in [2.24, 2.45) is 7.05 Å². The Morgan fingerprint density at radius 3 is 2.25 bits per heavy atom. The van der Waals surface area contributed by atoms with Crippen LogP contribution in [-0.2, 0) is 19.9 Å². The van der Waals surface area contributed by atoms with Crippen molar-refractivity contribution in [3.8, 4) is 0 Å². The molecular weight excluding hydrogens is 274 g/mol. The molecule has 1 aromatic heterocycles. The number of aliphatic hydroxyl groups is 1. The van der Waals surface area contributed by atoms with Crippen molar-refractivity contribution in [3.05, 3.63) is 16.4 Å². The van der Waals surface area contributed by atoms with Gasteiger partial charge < -0.3 is 5.11 Å². The minimum Gasteiger partial charge on any atom is -0.391 e. The highest BCUT2D eigenvalue weighted by atomic mass is 35.5. The number of hydrogen-bond acceptors (Lipinski definition) is 3. The number of aliphatic hydroxyl groups excluding tert-OH is 1. The molecular formula is C15H28ClN3O. The molecule has 0 saturated carbocycles. The van der Waals surface area contributed by atoms with Gasteiger partial charge in [-0.3, -0.25) is 9.58 Å². The Morgan fingerprint density at radius 1 is 1.30 bits per heavy atom. The molecule has 0 aliphatic carbocycles. The van der Waals surface area contributed by atoms with Crippen molar-refractivity contribution in [2.75, 3.05) is 13.1 Å². The molecule has 1 atom stereocenters. The van der Waals surface area contributed by atoms with E-state index >= 15 is 0 Å². The van der Waals surface area contributed by atoms with Crippen molar-refractivity contribution in [1.29, 1.82) is 0 Å². The quantitative estimate of drug-likeness (QED) is 0.842. The van der Waals surface area contributed by atoms with Gasteiger partial charge in [-0.1, -0.05) is 32.4 Å². The van der Waals surface area contributed by atoms with Crippen molar-refractivity contribution >= 4 is 11.6 Å². The topological polar surface area (TPSA) is 41.3 Å². The zero-order valence-corrected chi connectivity index (χ0v) is 14.3. The first-order valence-electron chi connectivity index (χ1n) is 7.42. The fraction of sp³-hybridized carbons (Fsp3) is 0.800. The van der Waals surface area contributed by atoms with Gasteiger partial charge in [-0.15, -0.1) is 0 Å². The van der Waals surface area contributed by atoms with Gasteiger partial charge in [-0.25, -0.2) is 0 Å². The van der Waals surface area contributed by atoms with Crippen LogP contribution in [0.4, 0.5) is 0 Å². The lowest BCUT2D eigenvalue weighted by molar-refractivity contribution is -0.00505. The minimum atomic E-state index is -0.486. The number of halogens is 1. The van der Waals surface area contributed by atoms with Gasteiger partial charge in [0.15, 0.2) is 0 Å². The summed E-state index contributed by atoms with van der Waals surface area (Å²) in [7, 11) is 1.89. The summed E-state index contributed by atoms with van der Waals surface area (Å²) in [6.45, 7) is 12.3. The van der Waals surface area contributed by atoms with Crippen LogP contribution in [0.1, 0.15) is 46.0 Å². The van der Waals surface area contributed by atoms with Crippen LogP contribution in [0.3, 0.4) is 0 Å². The summed E-state index contributed by atoms with van der Waals surface area (Å²) in [6.07, 6.45) is 0.841. The zero-order chi connectivity index (χ0) is 15.5. The third-order valence-corrected chi connectivity index (χ3v) is 4.72. The van der Waals surface area contributed by atoms with Crippen LogP contribution in [0.5, 0.6) is 0 Å². The zero-order valence-electron chi connectivity index (χ0n) is 13.6. The number of aryl methyl sites for hydroxylation is 2. The molecule has 0 spiro atoms. The first-order chi connectivity index (χ1) is 9.29. The fourth-order valence-electron chi connectivity index (χ4n) is 2.72. The first kappa shape index (κ1) is 17.5. The lowest BCUT2D eigenvalue weighted by atomic mass is 9.91. The Bertz CT molecular complexity index is 439. The minimum absolute atomic E-state index is 0.288. The average Bonchev–Trinajstić information content (AvgIpc) is 2.67. The van der Waals surface area contributed by atoms with Crippen molar-refractivity contribution < 1.29 is 5.11 Å². The van der Waals surface area contributed by atoms with E-state index in [1.165, 1.54) is 0 Å². The highest BCUT2D eigenvalue weighted by Gasteiger charge is 2.34. The standard InChI is InChI=1S/C15H28ClN3O/c1-7-11-14(16)12(18(6)17-11)10-13(20)15(4,5)19(8-2)9-3/h13,20H,7-10H2,1-6H3. The summed E-state index contributed by atoms with van der Waals surface area (Å²) in [5, 5.41) is 15.8. The van der Waals surface area contributed by atoms with Crippen molar-refractivity contribution in [2.45, 2.75) is 59.1 Å². The van der Waals surface area contributed by atoms with E-state index in [2.05, 4.69) is 37.7 Å². The lowest BCUT2D eigenvalue weighted by Gasteiger charge is -2.41. The van der Waals surface area contributed by atoms with E-state index in [1.807, 2.05) is 14.0 Å². The van der Waals surface area contributed by atoms with Gasteiger partial charge in [-0.2, -0.15) is 5.10 Å². The monoisotopic (exact) mass is 301 g/mol. The van der Waals surface area contributed by atoms with E-state index in [1.54, 1.807) is 4.68 Å². The van der Waals surface area contributed by atoms with Gasteiger partial charge in [0.25, 0.3) is 0 Å². The lowest BCUT2D eigenvalue weighted by Crippen LogP contribution is -2.53. The third kappa shape index (κ3) is 3.35. The molecule has 1 rings (SSSR count). The van der Waals surface area contributed by atoms with Crippen molar-refractivity contribution in [3.63, 3.8) is 0 Å².